The van der Waals surface area contributed by atoms with Crippen molar-refractivity contribution < 1.29 is 50.9 Å². The van der Waals surface area contributed by atoms with Crippen LogP contribution in [0.3, 0.4) is 0 Å². The Morgan fingerprint density at radius 2 is 1.65 bits per heavy atom. The molecule has 2 N–H and O–H groups in total. The zero-order valence-corrected chi connectivity index (χ0v) is 35.0. The van der Waals surface area contributed by atoms with Crippen molar-refractivity contribution in [2.24, 2.45) is 5.16 Å². The molecule has 2 aliphatic heterocycles. The Hall–Kier alpha value is -6.31. The molecule has 6 rings (SSSR count). The SMILES string of the molecule is Cc1ccc(S(=O)(=O)OC=CC2=C(C(=O)OC(c3ccccc3)c3ccccc3)N3C(=O)C(NC(=O)C(=NOCC(=O)OC(C)(C)C)c4csc(NC=O)n4)[C@H]3SC2)cc1. The fraction of sp³-hybridized carbons (Fsp3) is 0.244. The lowest BCUT2D eigenvalue weighted by Gasteiger charge is -2.49. The summed E-state index contributed by atoms with van der Waals surface area (Å²) >= 11 is 2.17. The van der Waals surface area contributed by atoms with Crippen LogP contribution in [0, 0.1) is 6.92 Å². The molecule has 0 spiro atoms. The summed E-state index contributed by atoms with van der Waals surface area (Å²) in [5, 5.41) is 9.57. The van der Waals surface area contributed by atoms with Crippen LogP contribution in [-0.4, -0.2) is 83.6 Å². The molecule has 1 saturated heterocycles. The second kappa shape index (κ2) is 18.7. The van der Waals surface area contributed by atoms with Crippen molar-refractivity contribution in [3.63, 3.8) is 0 Å². The van der Waals surface area contributed by atoms with Gasteiger partial charge in [-0.3, -0.25) is 19.3 Å². The van der Waals surface area contributed by atoms with Gasteiger partial charge in [0.2, 0.25) is 13.0 Å². The summed E-state index contributed by atoms with van der Waals surface area (Å²) in [4.78, 5) is 76.0. The molecule has 1 fully saturated rings. The lowest BCUT2D eigenvalue weighted by molar-refractivity contribution is -0.160. The molecule has 3 heterocycles. The van der Waals surface area contributed by atoms with E-state index in [4.69, 9.17) is 18.5 Å². The Labute approximate surface area is 353 Å². The Morgan fingerprint density at radius 3 is 2.27 bits per heavy atom. The number of nitrogens with one attached hydrogen (secondary N) is 2. The lowest BCUT2D eigenvalue weighted by atomic mass is 10.0. The minimum atomic E-state index is -4.24. The number of carbonyl (C=O) groups excluding carboxylic acids is 5. The van der Waals surface area contributed by atoms with Gasteiger partial charge in [0, 0.05) is 11.1 Å². The maximum Gasteiger partial charge on any atom is 0.356 e. The lowest BCUT2D eigenvalue weighted by Crippen LogP contribution is -2.71. The summed E-state index contributed by atoms with van der Waals surface area (Å²) in [6, 6.07) is 22.8. The molecule has 19 heteroatoms. The number of aryl methyl sites for hydroxylation is 1. The summed E-state index contributed by atoms with van der Waals surface area (Å²) in [7, 11) is -4.24. The van der Waals surface area contributed by atoms with Crippen molar-refractivity contribution in [1.29, 1.82) is 0 Å². The molecule has 1 aromatic heterocycles. The van der Waals surface area contributed by atoms with Crippen molar-refractivity contribution in [2.75, 3.05) is 17.7 Å². The van der Waals surface area contributed by atoms with Gasteiger partial charge in [0.05, 0.1) is 0 Å². The topological polar surface area (TPSA) is 209 Å². The fourth-order valence-electron chi connectivity index (χ4n) is 5.88. The zero-order valence-electron chi connectivity index (χ0n) is 32.6. The number of rotatable bonds is 16. The van der Waals surface area contributed by atoms with E-state index in [-0.39, 0.29) is 32.7 Å². The number of allylic oxidation sites excluding steroid dienone is 1. The number of fused-ring (bicyclic) bond motifs is 1. The number of benzene rings is 3. The van der Waals surface area contributed by atoms with Gasteiger partial charge in [-0.25, -0.2) is 14.6 Å². The highest BCUT2D eigenvalue weighted by atomic mass is 32.2. The molecule has 2 aliphatic rings. The smallest absolute Gasteiger partial charge is 0.356 e. The highest BCUT2D eigenvalue weighted by molar-refractivity contribution is 8.00. The van der Waals surface area contributed by atoms with Gasteiger partial charge in [0.1, 0.15) is 39.6 Å². The molecule has 3 amide bonds. The molecule has 0 bridgehead atoms. The molecule has 0 radical (unpaired) electrons. The van der Waals surface area contributed by atoms with E-state index in [0.717, 1.165) is 23.2 Å². The fourth-order valence-corrected chi connectivity index (χ4v) is 8.64. The Balaban J connectivity index is 1.29. The van der Waals surface area contributed by atoms with Crippen LogP contribution in [0.2, 0.25) is 0 Å². The number of oxime groups is 1. The standard InChI is InChI=1S/C41H39N5O11S3/c1-25-15-17-29(18-16-25)60(52,53)55-20-19-28-22-58-38-33(44-36(49)32(30-23-59-40(43-30)42-24-47)45-54-21-31(48)57-41(2,3)4)37(50)46(38)34(28)39(51)56-35(26-11-7-5-8-12-26)27-13-9-6-10-14-27/h5-20,23-24,33,35,38H,21-22H2,1-4H3,(H,44,49)(H,42,43,47)/t33?,38-/m1/s1. The van der Waals surface area contributed by atoms with E-state index in [2.05, 4.69) is 20.8 Å². The van der Waals surface area contributed by atoms with Gasteiger partial charge in [-0.2, -0.15) is 8.42 Å². The number of ether oxygens (including phenoxy) is 2. The molecule has 3 aromatic carbocycles. The van der Waals surface area contributed by atoms with E-state index in [0.29, 0.717) is 17.5 Å². The normalized spacial score (nSPS) is 16.8. The maximum atomic E-state index is 14.4. The molecule has 16 nitrogen and oxygen atoms in total. The molecule has 1 unspecified atom stereocenters. The van der Waals surface area contributed by atoms with Gasteiger partial charge in [-0.05, 0) is 62.6 Å². The molecule has 4 aromatic rings. The van der Waals surface area contributed by atoms with Gasteiger partial charge in [0.25, 0.3) is 11.8 Å². The highest BCUT2D eigenvalue weighted by Crippen LogP contribution is 2.42. The minimum Gasteiger partial charge on any atom is -0.457 e. The average Bonchev–Trinajstić information content (AvgIpc) is 3.68. The predicted molar refractivity (Wildman–Crippen MR) is 222 cm³/mol. The van der Waals surface area contributed by atoms with Crippen molar-refractivity contribution in [2.45, 2.75) is 55.7 Å². The summed E-state index contributed by atoms with van der Waals surface area (Å²) in [5.74, 6) is -3.20. The van der Waals surface area contributed by atoms with E-state index in [1.54, 1.807) is 81.4 Å². The summed E-state index contributed by atoms with van der Waals surface area (Å²) in [5.41, 5.74) is 0.927. The first-order chi connectivity index (χ1) is 28.6. The van der Waals surface area contributed by atoms with Crippen LogP contribution in [0.25, 0.3) is 0 Å². The van der Waals surface area contributed by atoms with Crippen LogP contribution in [0.5, 0.6) is 0 Å². The Morgan fingerprint density at radius 1 is 1.00 bits per heavy atom. The largest absolute Gasteiger partial charge is 0.457 e. The molecular weight excluding hydrogens is 835 g/mol. The van der Waals surface area contributed by atoms with Crippen molar-refractivity contribution in [1.82, 2.24) is 15.2 Å². The van der Waals surface area contributed by atoms with Gasteiger partial charge < -0.3 is 29.1 Å². The molecule has 0 saturated carbocycles. The minimum absolute atomic E-state index is 0.0315. The summed E-state index contributed by atoms with van der Waals surface area (Å²) in [6.45, 7) is 6.17. The summed E-state index contributed by atoms with van der Waals surface area (Å²) < 4.78 is 42.5. The van der Waals surface area contributed by atoms with E-state index in [1.165, 1.54) is 40.3 Å². The van der Waals surface area contributed by atoms with Gasteiger partial charge in [-0.1, -0.05) is 83.5 Å². The molecular formula is C41H39N5O11S3. The number of carbonyl (C=O) groups is 5. The second-order valence-corrected chi connectivity index (χ2v) is 17.6. The number of β-lactam (4-membered cyclic amide) rings is 1. The number of nitrogens with zero attached hydrogens (tertiary/aromatic N) is 3. The quantitative estimate of drug-likeness (QED) is 0.0290. The Kier molecular flexibility index (Phi) is 13.5. The first-order valence-electron chi connectivity index (χ1n) is 18.2. The van der Waals surface area contributed by atoms with E-state index in [9.17, 15) is 32.4 Å². The third kappa shape index (κ3) is 10.5. The van der Waals surface area contributed by atoms with Gasteiger partial charge in [0.15, 0.2) is 16.9 Å². The van der Waals surface area contributed by atoms with E-state index < -0.39 is 69.3 Å². The highest BCUT2D eigenvalue weighted by Gasteiger charge is 2.55. The van der Waals surface area contributed by atoms with Crippen molar-refractivity contribution in [3.8, 4) is 0 Å². The number of hydrogen-bond acceptors (Lipinski definition) is 15. The molecule has 0 aliphatic carbocycles. The van der Waals surface area contributed by atoms with Gasteiger partial charge in [-0.15, -0.1) is 23.1 Å². The number of esters is 2. The van der Waals surface area contributed by atoms with Crippen LogP contribution in [-0.2, 0) is 52.6 Å². The van der Waals surface area contributed by atoms with Crippen LogP contribution in [0.1, 0.15) is 49.3 Å². The molecule has 60 heavy (non-hydrogen) atoms. The van der Waals surface area contributed by atoms with Gasteiger partial charge >= 0.3 is 22.1 Å². The molecule has 2 atom stereocenters. The second-order valence-electron chi connectivity index (χ2n) is 14.1. The van der Waals surface area contributed by atoms with E-state index in [1.807, 2.05) is 19.1 Å². The number of amides is 3. The van der Waals surface area contributed by atoms with Crippen molar-refractivity contribution >= 4 is 74.2 Å². The third-order valence-corrected chi connectivity index (χ3v) is 11.9. The Bertz CT molecular complexity index is 2410. The third-order valence-electron chi connectivity index (χ3n) is 8.57. The van der Waals surface area contributed by atoms with Crippen LogP contribution in [0.15, 0.2) is 124 Å². The first-order valence-corrected chi connectivity index (χ1v) is 21.5. The molecule has 312 valence electrons. The van der Waals surface area contributed by atoms with Crippen LogP contribution >= 0.6 is 23.1 Å². The monoisotopic (exact) mass is 873 g/mol. The van der Waals surface area contributed by atoms with Crippen LogP contribution in [0.4, 0.5) is 5.13 Å². The first kappa shape index (κ1) is 43.3. The predicted octanol–water partition coefficient (Wildman–Crippen LogP) is 4.99. The maximum absolute atomic E-state index is 14.4. The van der Waals surface area contributed by atoms with E-state index >= 15 is 0 Å². The number of aromatic nitrogens is 1. The van der Waals surface area contributed by atoms with Crippen LogP contribution < -0.4 is 10.6 Å². The zero-order chi connectivity index (χ0) is 43.0. The number of anilines is 1. The summed E-state index contributed by atoms with van der Waals surface area (Å²) in [6.07, 6.45) is 1.71. The average molecular weight is 874 g/mol. The van der Waals surface area contributed by atoms with Crippen molar-refractivity contribution in [3.05, 3.63) is 136 Å². The number of thiazole rings is 1. The number of thioether (sulfide) groups is 1. The number of hydrogen-bond donors (Lipinski definition) is 2.